The van der Waals surface area contributed by atoms with Crippen molar-refractivity contribution in [3.05, 3.63) is 34.9 Å². The Balaban J connectivity index is 1.83. The van der Waals surface area contributed by atoms with Gasteiger partial charge in [-0.15, -0.1) is 0 Å². The van der Waals surface area contributed by atoms with Crippen molar-refractivity contribution in [1.82, 2.24) is 10.6 Å². The van der Waals surface area contributed by atoms with Gasteiger partial charge in [-0.25, -0.2) is 0 Å². The van der Waals surface area contributed by atoms with Crippen LogP contribution in [0.25, 0.3) is 0 Å². The summed E-state index contributed by atoms with van der Waals surface area (Å²) in [5, 5.41) is 5.75. The first-order valence-corrected chi connectivity index (χ1v) is 8.11. The third kappa shape index (κ3) is 4.58. The molecule has 2 unspecified atom stereocenters. The van der Waals surface area contributed by atoms with Gasteiger partial charge in [0.2, 0.25) is 5.91 Å². The van der Waals surface area contributed by atoms with Gasteiger partial charge in [-0.3, -0.25) is 9.59 Å². The molecule has 0 spiro atoms. The summed E-state index contributed by atoms with van der Waals surface area (Å²) in [7, 11) is 0. The highest BCUT2D eigenvalue weighted by Crippen LogP contribution is 2.23. The topological polar surface area (TPSA) is 58.2 Å². The Labute approximate surface area is 132 Å². The van der Waals surface area contributed by atoms with Crippen molar-refractivity contribution in [3.63, 3.8) is 0 Å². The Morgan fingerprint density at radius 3 is 2.36 bits per heavy atom. The van der Waals surface area contributed by atoms with Gasteiger partial charge in [0.1, 0.15) is 0 Å². The summed E-state index contributed by atoms with van der Waals surface area (Å²) in [4.78, 5) is 24.1. The van der Waals surface area contributed by atoms with Crippen molar-refractivity contribution in [1.29, 1.82) is 0 Å². The van der Waals surface area contributed by atoms with Crippen LogP contribution in [0, 0.1) is 19.8 Å². The summed E-state index contributed by atoms with van der Waals surface area (Å²) >= 11 is 0. The Kier molecular flexibility index (Phi) is 5.58. The average molecular weight is 302 g/mol. The van der Waals surface area contributed by atoms with Crippen LogP contribution in [0.4, 0.5) is 0 Å². The summed E-state index contributed by atoms with van der Waals surface area (Å²) < 4.78 is 0. The fraction of sp³-hybridized carbons (Fsp3) is 0.556. The van der Waals surface area contributed by atoms with Crippen LogP contribution in [0.1, 0.15) is 54.1 Å². The van der Waals surface area contributed by atoms with Gasteiger partial charge in [0.15, 0.2) is 0 Å². The van der Waals surface area contributed by atoms with Crippen molar-refractivity contribution >= 4 is 11.8 Å². The van der Waals surface area contributed by atoms with Crippen LogP contribution >= 0.6 is 0 Å². The first kappa shape index (κ1) is 16.5. The molecule has 1 aliphatic carbocycles. The minimum absolute atomic E-state index is 0.0367. The van der Waals surface area contributed by atoms with Gasteiger partial charge < -0.3 is 10.6 Å². The molecule has 0 bridgehead atoms. The van der Waals surface area contributed by atoms with E-state index in [1.54, 1.807) is 0 Å². The maximum atomic E-state index is 12.1. The summed E-state index contributed by atoms with van der Waals surface area (Å²) in [6.07, 6.45) is 4.62. The number of hydrogen-bond donors (Lipinski definition) is 2. The highest BCUT2D eigenvalue weighted by Gasteiger charge is 2.22. The van der Waals surface area contributed by atoms with E-state index in [4.69, 9.17) is 0 Å². The lowest BCUT2D eigenvalue weighted by Crippen LogP contribution is -2.45. The molecule has 0 aliphatic heterocycles. The smallest absolute Gasteiger partial charge is 0.251 e. The van der Waals surface area contributed by atoms with Crippen LogP contribution in [0.2, 0.25) is 0 Å². The molecule has 1 fully saturated rings. The van der Waals surface area contributed by atoms with Crippen molar-refractivity contribution in [2.24, 2.45) is 5.92 Å². The van der Waals surface area contributed by atoms with Crippen LogP contribution in [0.5, 0.6) is 0 Å². The molecule has 2 atom stereocenters. The van der Waals surface area contributed by atoms with Crippen molar-refractivity contribution in [2.75, 3.05) is 6.54 Å². The van der Waals surface area contributed by atoms with E-state index in [0.717, 1.165) is 17.5 Å². The lowest BCUT2D eigenvalue weighted by Gasteiger charge is -2.29. The van der Waals surface area contributed by atoms with Crippen LogP contribution in [-0.4, -0.2) is 24.4 Å². The molecule has 2 amide bonds. The first-order valence-electron chi connectivity index (χ1n) is 8.11. The van der Waals surface area contributed by atoms with Crippen LogP contribution in [-0.2, 0) is 4.79 Å². The van der Waals surface area contributed by atoms with E-state index < -0.39 is 0 Å². The number of aryl methyl sites for hydroxylation is 2. The van der Waals surface area contributed by atoms with Gasteiger partial charge >= 0.3 is 0 Å². The van der Waals surface area contributed by atoms with Crippen molar-refractivity contribution < 1.29 is 9.59 Å². The molecule has 2 rings (SSSR count). The van der Waals surface area contributed by atoms with Crippen molar-refractivity contribution in [3.8, 4) is 0 Å². The number of carbonyl (C=O) groups is 2. The average Bonchev–Trinajstić information content (AvgIpc) is 2.46. The molecule has 1 aliphatic rings. The highest BCUT2D eigenvalue weighted by atomic mass is 16.2. The third-order valence-corrected chi connectivity index (χ3v) is 4.35. The number of hydrogen-bond acceptors (Lipinski definition) is 2. The second kappa shape index (κ2) is 7.43. The number of carbonyl (C=O) groups excluding carboxylic acids is 2. The van der Waals surface area contributed by atoms with Gasteiger partial charge in [-0.2, -0.15) is 0 Å². The molecular formula is C18H26N2O2. The second-order valence-corrected chi connectivity index (χ2v) is 6.49. The monoisotopic (exact) mass is 302 g/mol. The first-order chi connectivity index (χ1) is 10.5. The van der Waals surface area contributed by atoms with Gasteiger partial charge in [-0.05, 0) is 44.7 Å². The molecule has 4 nitrogen and oxygen atoms in total. The van der Waals surface area contributed by atoms with E-state index in [1.807, 2.05) is 32.0 Å². The molecule has 0 radical (unpaired) electrons. The molecule has 22 heavy (non-hydrogen) atoms. The maximum Gasteiger partial charge on any atom is 0.251 e. The zero-order valence-corrected chi connectivity index (χ0v) is 13.7. The Morgan fingerprint density at radius 2 is 1.73 bits per heavy atom. The molecule has 1 aromatic carbocycles. The van der Waals surface area contributed by atoms with Crippen LogP contribution in [0.15, 0.2) is 18.2 Å². The normalized spacial score (nSPS) is 21.2. The van der Waals surface area contributed by atoms with Gasteiger partial charge in [0.25, 0.3) is 5.91 Å². The molecule has 1 saturated carbocycles. The van der Waals surface area contributed by atoms with E-state index >= 15 is 0 Å². The lowest BCUT2D eigenvalue weighted by atomic mass is 9.86. The van der Waals surface area contributed by atoms with Crippen LogP contribution in [0.3, 0.4) is 0 Å². The van der Waals surface area contributed by atoms with Gasteiger partial charge in [-0.1, -0.05) is 37.0 Å². The lowest BCUT2D eigenvalue weighted by molar-refractivity contribution is -0.121. The molecular weight excluding hydrogens is 276 g/mol. The van der Waals surface area contributed by atoms with Crippen LogP contribution < -0.4 is 10.6 Å². The number of rotatable bonds is 4. The quantitative estimate of drug-likeness (QED) is 0.898. The Hall–Kier alpha value is -1.84. The molecule has 2 N–H and O–H groups in total. The second-order valence-electron chi connectivity index (χ2n) is 6.49. The zero-order chi connectivity index (χ0) is 16.1. The fourth-order valence-corrected chi connectivity index (χ4v) is 3.16. The van der Waals surface area contributed by atoms with Crippen molar-refractivity contribution in [2.45, 2.75) is 52.5 Å². The molecule has 0 heterocycles. The maximum absolute atomic E-state index is 12.1. The molecule has 0 aromatic heterocycles. The van der Waals surface area contributed by atoms with E-state index in [1.165, 1.54) is 19.3 Å². The minimum atomic E-state index is -0.196. The van der Waals surface area contributed by atoms with E-state index in [9.17, 15) is 9.59 Å². The summed E-state index contributed by atoms with van der Waals surface area (Å²) in [5.41, 5.74) is 2.70. The minimum Gasteiger partial charge on any atom is -0.352 e. The summed E-state index contributed by atoms with van der Waals surface area (Å²) in [6, 6.07) is 5.94. The highest BCUT2D eigenvalue weighted by molar-refractivity contribution is 5.96. The van der Waals surface area contributed by atoms with Gasteiger partial charge in [0, 0.05) is 11.6 Å². The molecule has 1 aromatic rings. The van der Waals surface area contributed by atoms with E-state index in [-0.39, 0.29) is 24.4 Å². The molecule has 0 saturated heterocycles. The third-order valence-electron chi connectivity index (χ3n) is 4.35. The summed E-state index contributed by atoms with van der Waals surface area (Å²) in [6.45, 7) is 6.13. The van der Waals surface area contributed by atoms with E-state index in [2.05, 4.69) is 17.6 Å². The Bertz CT molecular complexity index is 534. The zero-order valence-electron chi connectivity index (χ0n) is 13.7. The number of benzene rings is 1. The number of amides is 2. The molecule has 120 valence electrons. The fourth-order valence-electron chi connectivity index (χ4n) is 3.16. The summed E-state index contributed by atoms with van der Waals surface area (Å²) in [5.74, 6) is 0.225. The largest absolute Gasteiger partial charge is 0.352 e. The van der Waals surface area contributed by atoms with E-state index in [0.29, 0.717) is 11.5 Å². The standard InChI is InChI=1S/C18H26N2O2/c1-12-8-13(2)10-15(9-12)18(22)19-11-17(21)20-16-7-5-4-6-14(16)3/h8-10,14,16H,4-7,11H2,1-3H3,(H,19,22)(H,20,21). The predicted octanol–water partition coefficient (Wildman–Crippen LogP) is 2.73. The SMILES string of the molecule is Cc1cc(C)cc(C(=O)NCC(=O)NC2CCCCC2C)c1. The number of nitrogens with one attached hydrogen (secondary N) is 2. The predicted molar refractivity (Wildman–Crippen MR) is 87.8 cm³/mol. The molecule has 4 heteroatoms. The van der Waals surface area contributed by atoms with Gasteiger partial charge in [0.05, 0.1) is 6.54 Å². The Morgan fingerprint density at radius 1 is 1.09 bits per heavy atom.